The van der Waals surface area contributed by atoms with E-state index in [0.29, 0.717) is 0 Å². The number of nitriles is 1. The molecule has 1 nitrogen and oxygen atoms in total. The van der Waals surface area contributed by atoms with Gasteiger partial charge in [0.1, 0.15) is 0 Å². The molecule has 2 aromatic rings. The average Bonchev–Trinajstić information content (AvgIpc) is 2.61. The molecule has 0 radical (unpaired) electrons. The van der Waals surface area contributed by atoms with E-state index in [2.05, 4.69) is 44.2 Å². The second-order valence-electron chi connectivity index (χ2n) is 4.93. The zero-order chi connectivity index (χ0) is 16.5. The van der Waals surface area contributed by atoms with Crippen molar-refractivity contribution in [3.8, 4) is 6.07 Å². The maximum atomic E-state index is 9.91. The van der Waals surface area contributed by atoms with Crippen LogP contribution in [0.5, 0.6) is 0 Å². The predicted molar refractivity (Wildman–Crippen MR) is 104 cm³/mol. The molecule has 3 heteroatoms. The van der Waals surface area contributed by atoms with Gasteiger partial charge in [-0.3, -0.25) is 0 Å². The Morgan fingerprint density at radius 2 is 1.30 bits per heavy atom. The molecule has 0 saturated carbocycles. The molecule has 0 N–H and O–H groups in total. The Morgan fingerprint density at radius 1 is 0.870 bits per heavy atom. The van der Waals surface area contributed by atoms with Gasteiger partial charge in [-0.25, -0.2) is 0 Å². The van der Waals surface area contributed by atoms with E-state index in [-0.39, 0.29) is 5.92 Å². The van der Waals surface area contributed by atoms with E-state index in [9.17, 15) is 5.26 Å². The largest absolute Gasteiger partial charge is 0.193 e. The first-order chi connectivity index (χ1) is 11.3. The predicted octanol–water partition coefficient (Wildman–Crippen LogP) is 6.06. The maximum Gasteiger partial charge on any atom is 0.0974 e. The van der Waals surface area contributed by atoms with Crippen molar-refractivity contribution in [3.63, 3.8) is 0 Å². The van der Waals surface area contributed by atoms with Crippen LogP contribution in [-0.2, 0) is 0 Å². The van der Waals surface area contributed by atoms with Gasteiger partial charge in [-0.05, 0) is 22.6 Å². The van der Waals surface area contributed by atoms with Gasteiger partial charge < -0.3 is 0 Å². The second-order valence-corrected chi connectivity index (χ2v) is 7.74. The topological polar surface area (TPSA) is 23.8 Å². The molecule has 0 spiro atoms. The Kier molecular flexibility index (Phi) is 7.32. The first-order valence-electron chi connectivity index (χ1n) is 7.81. The number of thioether (sulfide) groups is 2. The molecule has 0 amide bonds. The van der Waals surface area contributed by atoms with Crippen LogP contribution in [0, 0.1) is 11.3 Å². The molecule has 0 atom stereocenters. The summed E-state index contributed by atoms with van der Waals surface area (Å²) < 4.78 is 1.15. The molecule has 2 aromatic carbocycles. The van der Waals surface area contributed by atoms with Gasteiger partial charge in [-0.2, -0.15) is 5.26 Å². The maximum absolute atomic E-state index is 9.91. The Labute approximate surface area is 147 Å². The zero-order valence-electron chi connectivity index (χ0n) is 13.5. The van der Waals surface area contributed by atoms with Gasteiger partial charge in [0.05, 0.1) is 15.9 Å². The summed E-state index contributed by atoms with van der Waals surface area (Å²) in [4.78, 5) is 0. The molecule has 0 aliphatic carbocycles. The molecule has 118 valence electrons. The highest BCUT2D eigenvalue weighted by Crippen LogP contribution is 2.40. The van der Waals surface area contributed by atoms with Crippen molar-refractivity contribution in [2.45, 2.75) is 19.8 Å². The minimum Gasteiger partial charge on any atom is -0.193 e. The minimum absolute atomic E-state index is 0.00417. The second kappa shape index (κ2) is 9.50. The van der Waals surface area contributed by atoms with Crippen LogP contribution in [0.3, 0.4) is 0 Å². The lowest BCUT2D eigenvalue weighted by Gasteiger charge is -2.20. The molecule has 0 heterocycles. The number of nitrogens with zero attached hydrogens (tertiary/aromatic N) is 1. The molecule has 0 aliphatic rings. The summed E-state index contributed by atoms with van der Waals surface area (Å²) in [6, 6.07) is 23.2. The number of allylic oxidation sites excluding steroid dienone is 1. The van der Waals surface area contributed by atoms with Gasteiger partial charge in [0.2, 0.25) is 0 Å². The van der Waals surface area contributed by atoms with Crippen LogP contribution < -0.4 is 0 Å². The van der Waals surface area contributed by atoms with E-state index in [0.717, 1.165) is 21.3 Å². The summed E-state index contributed by atoms with van der Waals surface area (Å²) in [6.45, 7) is 4.27. The molecule has 0 bridgehead atoms. The first-order valence-corrected chi connectivity index (χ1v) is 9.78. The van der Waals surface area contributed by atoms with Crippen LogP contribution in [0.25, 0.3) is 0 Å². The molecule has 0 saturated heterocycles. The quantitative estimate of drug-likeness (QED) is 0.573. The SMILES string of the molecule is CCSC(SCC)=C(C#N)C(c1ccccc1)c1ccccc1. The van der Waals surface area contributed by atoms with Crippen LogP contribution in [-0.4, -0.2) is 11.5 Å². The van der Waals surface area contributed by atoms with Gasteiger partial charge in [0, 0.05) is 5.92 Å². The summed E-state index contributed by atoms with van der Waals surface area (Å²) in [6.07, 6.45) is 0. The van der Waals surface area contributed by atoms with E-state index in [1.54, 1.807) is 23.5 Å². The van der Waals surface area contributed by atoms with Crippen LogP contribution in [0.4, 0.5) is 0 Å². The van der Waals surface area contributed by atoms with Crippen LogP contribution in [0.1, 0.15) is 30.9 Å². The van der Waals surface area contributed by atoms with E-state index in [4.69, 9.17) is 0 Å². The van der Waals surface area contributed by atoms with Crippen molar-refractivity contribution in [2.75, 3.05) is 11.5 Å². The van der Waals surface area contributed by atoms with Crippen molar-refractivity contribution < 1.29 is 0 Å². The van der Waals surface area contributed by atoms with Crippen LogP contribution in [0.2, 0.25) is 0 Å². The summed E-state index contributed by atoms with van der Waals surface area (Å²) in [5.41, 5.74) is 3.20. The Balaban J connectivity index is 2.60. The van der Waals surface area contributed by atoms with E-state index >= 15 is 0 Å². The normalized spacial score (nSPS) is 10.3. The third-order valence-electron chi connectivity index (χ3n) is 3.45. The van der Waals surface area contributed by atoms with Gasteiger partial charge in [0.25, 0.3) is 0 Å². The highest BCUT2D eigenvalue weighted by Gasteiger charge is 2.22. The van der Waals surface area contributed by atoms with E-state index in [1.807, 2.05) is 36.4 Å². The Bertz CT molecular complexity index is 624. The molecule has 0 aliphatic heterocycles. The van der Waals surface area contributed by atoms with Gasteiger partial charge in [0.15, 0.2) is 0 Å². The number of hydrogen-bond acceptors (Lipinski definition) is 3. The van der Waals surface area contributed by atoms with Crippen molar-refractivity contribution in [3.05, 3.63) is 81.6 Å². The number of rotatable bonds is 7. The molecule has 2 rings (SSSR count). The number of hydrogen-bond donors (Lipinski definition) is 0. The molecular weight excluding hydrogens is 318 g/mol. The lowest BCUT2D eigenvalue weighted by molar-refractivity contribution is 0.982. The summed E-state index contributed by atoms with van der Waals surface area (Å²) in [5.74, 6) is 1.95. The molecule has 0 fully saturated rings. The highest BCUT2D eigenvalue weighted by molar-refractivity contribution is 8.22. The third kappa shape index (κ3) is 4.67. The fourth-order valence-electron chi connectivity index (χ4n) is 2.50. The van der Waals surface area contributed by atoms with Crippen molar-refractivity contribution in [1.29, 1.82) is 5.26 Å². The van der Waals surface area contributed by atoms with Crippen LogP contribution >= 0.6 is 23.5 Å². The molecule has 0 unspecified atom stereocenters. The van der Waals surface area contributed by atoms with Gasteiger partial charge in [-0.15, -0.1) is 23.5 Å². The summed E-state index contributed by atoms with van der Waals surface area (Å²) >= 11 is 3.54. The van der Waals surface area contributed by atoms with Crippen molar-refractivity contribution in [2.24, 2.45) is 0 Å². The fraction of sp³-hybridized carbons (Fsp3) is 0.250. The Hall–Kier alpha value is -1.63. The van der Waals surface area contributed by atoms with Crippen molar-refractivity contribution in [1.82, 2.24) is 0 Å². The number of benzene rings is 2. The van der Waals surface area contributed by atoms with Crippen molar-refractivity contribution >= 4 is 23.5 Å². The summed E-state index contributed by atoms with van der Waals surface area (Å²) in [5, 5.41) is 9.91. The molecular formula is C20H21NS2. The monoisotopic (exact) mass is 339 g/mol. The zero-order valence-corrected chi connectivity index (χ0v) is 15.2. The minimum atomic E-state index is -0.00417. The van der Waals surface area contributed by atoms with Crippen LogP contribution in [0.15, 0.2) is 70.5 Å². The standard InChI is InChI=1S/C20H21NS2/c1-3-22-20(23-4-2)18(15-21)19(16-11-7-5-8-12-16)17-13-9-6-10-14-17/h5-14,19H,3-4H2,1-2H3. The average molecular weight is 340 g/mol. The summed E-state index contributed by atoms with van der Waals surface area (Å²) in [7, 11) is 0. The first kappa shape index (κ1) is 17.7. The lowest BCUT2D eigenvalue weighted by atomic mass is 9.86. The Morgan fingerprint density at radius 3 is 1.65 bits per heavy atom. The fourth-order valence-corrected chi connectivity index (χ4v) is 4.71. The third-order valence-corrected chi connectivity index (χ3v) is 5.69. The smallest absolute Gasteiger partial charge is 0.0974 e. The highest BCUT2D eigenvalue weighted by atomic mass is 32.2. The molecule has 0 aromatic heterocycles. The van der Waals surface area contributed by atoms with Gasteiger partial charge in [-0.1, -0.05) is 74.5 Å². The lowest BCUT2D eigenvalue weighted by Crippen LogP contribution is -2.05. The van der Waals surface area contributed by atoms with E-state index < -0.39 is 0 Å². The van der Waals surface area contributed by atoms with Gasteiger partial charge >= 0.3 is 0 Å². The molecule has 23 heavy (non-hydrogen) atoms. The van der Waals surface area contributed by atoms with E-state index in [1.165, 1.54) is 11.1 Å².